The fourth-order valence-electron chi connectivity index (χ4n) is 4.21. The van der Waals surface area contributed by atoms with Gasteiger partial charge >= 0.3 is 0 Å². The standard InChI is InChI=1S/C26H20O4/c1-2-17-14-15-23-21(16-17)25(27)20-11-5-6-12-22(20)26(23,30-28)29-24-13-7-9-18-8-3-4-10-19(18)24/h3-16,28H,2H2,1H3. The van der Waals surface area contributed by atoms with Crippen molar-refractivity contribution in [1.82, 2.24) is 0 Å². The van der Waals surface area contributed by atoms with Gasteiger partial charge in [-0.2, -0.15) is 4.89 Å². The number of fused-ring (bicyclic) bond motifs is 3. The fourth-order valence-corrected chi connectivity index (χ4v) is 4.21. The minimum Gasteiger partial charge on any atom is -0.451 e. The van der Waals surface area contributed by atoms with Crippen LogP contribution in [0.25, 0.3) is 10.8 Å². The lowest BCUT2D eigenvalue weighted by molar-refractivity contribution is -0.373. The summed E-state index contributed by atoms with van der Waals surface area (Å²) in [6.07, 6.45) is 0.791. The Kier molecular flexibility index (Phi) is 4.39. The smallest absolute Gasteiger partial charge is 0.294 e. The van der Waals surface area contributed by atoms with E-state index in [-0.39, 0.29) is 5.78 Å². The Morgan fingerprint density at radius 1 is 0.833 bits per heavy atom. The van der Waals surface area contributed by atoms with Crippen molar-refractivity contribution in [3.05, 3.63) is 113 Å². The highest BCUT2D eigenvalue weighted by atomic mass is 17.1. The molecule has 1 unspecified atom stereocenters. The predicted octanol–water partition coefficient (Wildman–Crippen LogP) is 5.72. The van der Waals surface area contributed by atoms with Crippen molar-refractivity contribution >= 4 is 16.6 Å². The molecule has 1 aliphatic rings. The lowest BCUT2D eigenvalue weighted by Crippen LogP contribution is -2.42. The Labute approximate surface area is 174 Å². The monoisotopic (exact) mass is 396 g/mol. The van der Waals surface area contributed by atoms with Crippen LogP contribution in [0, 0.1) is 0 Å². The van der Waals surface area contributed by atoms with Crippen LogP contribution < -0.4 is 4.74 Å². The number of benzene rings is 4. The molecule has 0 fully saturated rings. The van der Waals surface area contributed by atoms with Crippen molar-refractivity contribution in [1.29, 1.82) is 0 Å². The maximum Gasteiger partial charge on any atom is 0.294 e. The van der Waals surface area contributed by atoms with Gasteiger partial charge in [-0.15, -0.1) is 0 Å². The second kappa shape index (κ2) is 7.10. The summed E-state index contributed by atoms with van der Waals surface area (Å²) in [7, 11) is 0. The van der Waals surface area contributed by atoms with Crippen LogP contribution in [0.15, 0.2) is 84.9 Å². The Bertz CT molecular complexity index is 1270. The second-order valence-electron chi connectivity index (χ2n) is 7.40. The van der Waals surface area contributed by atoms with Crippen LogP contribution in [0.4, 0.5) is 0 Å². The lowest BCUT2D eigenvalue weighted by Gasteiger charge is -2.37. The molecule has 0 saturated carbocycles. The molecule has 0 amide bonds. The van der Waals surface area contributed by atoms with Crippen LogP contribution >= 0.6 is 0 Å². The van der Waals surface area contributed by atoms with Gasteiger partial charge in [-0.1, -0.05) is 79.7 Å². The molecule has 1 atom stereocenters. The molecule has 0 radical (unpaired) electrons. The first-order valence-corrected chi connectivity index (χ1v) is 9.95. The summed E-state index contributed by atoms with van der Waals surface area (Å²) in [6, 6.07) is 26.2. The predicted molar refractivity (Wildman–Crippen MR) is 115 cm³/mol. The van der Waals surface area contributed by atoms with Gasteiger partial charge in [0, 0.05) is 27.6 Å². The first-order chi connectivity index (χ1) is 14.7. The first kappa shape index (κ1) is 18.6. The average Bonchev–Trinajstić information content (AvgIpc) is 2.81. The van der Waals surface area contributed by atoms with Crippen molar-refractivity contribution < 1.29 is 19.7 Å². The molecule has 4 heteroatoms. The van der Waals surface area contributed by atoms with Gasteiger partial charge in [0.2, 0.25) is 0 Å². The zero-order valence-corrected chi connectivity index (χ0v) is 16.5. The third-order valence-electron chi connectivity index (χ3n) is 5.75. The summed E-state index contributed by atoms with van der Waals surface area (Å²) < 4.78 is 6.46. The highest BCUT2D eigenvalue weighted by Gasteiger charge is 2.48. The van der Waals surface area contributed by atoms with Crippen LogP contribution in [-0.2, 0) is 17.1 Å². The van der Waals surface area contributed by atoms with Gasteiger partial charge in [-0.25, -0.2) is 5.26 Å². The fraction of sp³-hybridized carbons (Fsp3) is 0.115. The average molecular weight is 396 g/mol. The number of carbonyl (C=O) groups excluding carboxylic acids is 1. The zero-order valence-electron chi connectivity index (χ0n) is 16.5. The van der Waals surface area contributed by atoms with Crippen molar-refractivity contribution in [3.63, 3.8) is 0 Å². The number of ether oxygens (including phenoxy) is 1. The van der Waals surface area contributed by atoms with Crippen LogP contribution in [0.1, 0.15) is 39.5 Å². The zero-order chi connectivity index (χ0) is 20.7. The Balaban J connectivity index is 1.78. The van der Waals surface area contributed by atoms with Crippen LogP contribution in [0.5, 0.6) is 5.75 Å². The number of rotatable bonds is 4. The van der Waals surface area contributed by atoms with E-state index in [2.05, 4.69) is 0 Å². The maximum absolute atomic E-state index is 13.3. The van der Waals surface area contributed by atoms with E-state index in [0.717, 1.165) is 22.8 Å². The van der Waals surface area contributed by atoms with E-state index in [9.17, 15) is 10.1 Å². The summed E-state index contributed by atoms with van der Waals surface area (Å²) in [5, 5.41) is 12.1. The maximum atomic E-state index is 13.3. The number of aryl methyl sites for hydroxylation is 1. The van der Waals surface area contributed by atoms with E-state index in [1.165, 1.54) is 0 Å². The van der Waals surface area contributed by atoms with Crippen LogP contribution in [0.2, 0.25) is 0 Å². The first-order valence-electron chi connectivity index (χ1n) is 9.95. The van der Waals surface area contributed by atoms with Gasteiger partial charge in [0.25, 0.3) is 5.79 Å². The molecule has 148 valence electrons. The summed E-state index contributed by atoms with van der Waals surface area (Å²) in [5.74, 6) is -1.21. The molecule has 4 nitrogen and oxygen atoms in total. The van der Waals surface area contributed by atoms with Gasteiger partial charge in [0.15, 0.2) is 5.78 Å². The highest BCUT2D eigenvalue weighted by Crippen LogP contribution is 2.45. The minimum atomic E-state index is -1.66. The molecule has 0 saturated heterocycles. The van der Waals surface area contributed by atoms with Crippen molar-refractivity contribution in [2.24, 2.45) is 0 Å². The van der Waals surface area contributed by atoms with Gasteiger partial charge in [-0.05, 0) is 29.5 Å². The summed E-state index contributed by atoms with van der Waals surface area (Å²) in [5.41, 5.74) is 2.91. The van der Waals surface area contributed by atoms with Crippen LogP contribution in [-0.4, -0.2) is 11.0 Å². The molecular formula is C26H20O4. The molecule has 1 aliphatic carbocycles. The molecule has 0 heterocycles. The summed E-state index contributed by atoms with van der Waals surface area (Å²) >= 11 is 0. The summed E-state index contributed by atoms with van der Waals surface area (Å²) in [4.78, 5) is 18.4. The molecule has 4 aromatic carbocycles. The SMILES string of the molecule is CCc1ccc2c(c1)C(=O)c1ccccc1C2(OO)Oc1cccc2ccccc12. The van der Waals surface area contributed by atoms with Crippen molar-refractivity contribution in [2.45, 2.75) is 19.1 Å². The second-order valence-corrected chi connectivity index (χ2v) is 7.40. The Morgan fingerprint density at radius 3 is 2.40 bits per heavy atom. The van der Waals surface area contributed by atoms with E-state index >= 15 is 0 Å². The third-order valence-corrected chi connectivity index (χ3v) is 5.75. The highest BCUT2D eigenvalue weighted by molar-refractivity contribution is 6.13. The lowest BCUT2D eigenvalue weighted by atomic mass is 9.79. The van der Waals surface area contributed by atoms with E-state index in [1.54, 1.807) is 24.3 Å². The Hall–Kier alpha value is -3.47. The molecule has 0 aliphatic heterocycles. The molecule has 30 heavy (non-hydrogen) atoms. The molecular weight excluding hydrogens is 376 g/mol. The molecule has 5 rings (SSSR count). The van der Waals surface area contributed by atoms with E-state index in [1.807, 2.05) is 67.6 Å². The van der Waals surface area contributed by atoms with Gasteiger partial charge in [0.05, 0.1) is 0 Å². The van der Waals surface area contributed by atoms with Crippen molar-refractivity contribution in [3.8, 4) is 5.75 Å². The number of ketones is 1. The van der Waals surface area contributed by atoms with Gasteiger partial charge in [0.1, 0.15) is 5.75 Å². The largest absolute Gasteiger partial charge is 0.451 e. The van der Waals surface area contributed by atoms with Crippen LogP contribution in [0.3, 0.4) is 0 Å². The molecule has 1 N–H and O–H groups in total. The minimum absolute atomic E-state index is 0.106. The van der Waals surface area contributed by atoms with Crippen molar-refractivity contribution in [2.75, 3.05) is 0 Å². The Morgan fingerprint density at radius 2 is 1.57 bits per heavy atom. The summed E-state index contributed by atoms with van der Waals surface area (Å²) in [6.45, 7) is 2.03. The number of carbonyl (C=O) groups is 1. The molecule has 0 spiro atoms. The van der Waals surface area contributed by atoms with E-state index < -0.39 is 5.79 Å². The molecule has 0 bridgehead atoms. The van der Waals surface area contributed by atoms with Gasteiger partial charge in [-0.3, -0.25) is 4.79 Å². The van der Waals surface area contributed by atoms with E-state index in [4.69, 9.17) is 9.62 Å². The normalized spacial score (nSPS) is 17.5. The topological polar surface area (TPSA) is 55.8 Å². The molecule has 4 aromatic rings. The number of hydrogen-bond acceptors (Lipinski definition) is 4. The molecule has 0 aromatic heterocycles. The quantitative estimate of drug-likeness (QED) is 0.272. The van der Waals surface area contributed by atoms with E-state index in [0.29, 0.717) is 28.0 Å². The third kappa shape index (κ3) is 2.65. The number of hydrogen-bond donors (Lipinski definition) is 1. The van der Waals surface area contributed by atoms with Gasteiger partial charge < -0.3 is 4.74 Å².